The number of carbonyl (C=O) groups excluding carboxylic acids is 1. The normalized spacial score (nSPS) is 20.5. The highest BCUT2D eigenvalue weighted by atomic mass is 32.2. The SMILES string of the molecule is CCOC(=O)[C@H](CSC1(C)CCCCC1)NC(C)C(=O)O. The first-order chi connectivity index (χ1) is 9.88. The van der Waals surface area contributed by atoms with Crippen LogP contribution in [-0.2, 0) is 14.3 Å². The van der Waals surface area contributed by atoms with Gasteiger partial charge >= 0.3 is 11.9 Å². The summed E-state index contributed by atoms with van der Waals surface area (Å²) in [6, 6.07) is -1.33. The zero-order chi connectivity index (χ0) is 15.9. The van der Waals surface area contributed by atoms with Crippen molar-refractivity contribution in [2.45, 2.75) is 69.7 Å². The Kier molecular flexibility index (Phi) is 7.52. The summed E-state index contributed by atoms with van der Waals surface area (Å²) in [7, 11) is 0. The molecule has 0 aromatic rings. The van der Waals surface area contributed by atoms with Gasteiger partial charge in [-0.1, -0.05) is 26.2 Å². The van der Waals surface area contributed by atoms with Gasteiger partial charge in [0.1, 0.15) is 12.1 Å². The molecular weight excluding hydrogens is 290 g/mol. The van der Waals surface area contributed by atoms with E-state index in [0.29, 0.717) is 12.4 Å². The van der Waals surface area contributed by atoms with E-state index in [9.17, 15) is 9.59 Å². The second kappa shape index (κ2) is 8.63. The maximum absolute atomic E-state index is 12.0. The van der Waals surface area contributed by atoms with Crippen molar-refractivity contribution in [3.8, 4) is 0 Å². The first-order valence-electron chi connectivity index (χ1n) is 7.67. The maximum atomic E-state index is 12.0. The van der Waals surface area contributed by atoms with Gasteiger partial charge in [0.05, 0.1) is 6.61 Å². The van der Waals surface area contributed by atoms with Crippen LogP contribution in [-0.4, -0.2) is 46.2 Å². The van der Waals surface area contributed by atoms with Crippen LogP contribution in [0.25, 0.3) is 0 Å². The molecule has 21 heavy (non-hydrogen) atoms. The molecule has 6 heteroatoms. The predicted octanol–water partition coefficient (Wildman–Crippen LogP) is 2.44. The molecule has 0 spiro atoms. The van der Waals surface area contributed by atoms with Crippen LogP contribution in [0, 0.1) is 0 Å². The van der Waals surface area contributed by atoms with Crippen LogP contribution in [0.1, 0.15) is 52.9 Å². The Morgan fingerprint density at radius 2 is 1.95 bits per heavy atom. The average molecular weight is 317 g/mol. The molecule has 0 amide bonds. The number of esters is 1. The number of hydrogen-bond acceptors (Lipinski definition) is 5. The number of carboxylic acids is 1. The Morgan fingerprint density at radius 1 is 1.33 bits per heavy atom. The predicted molar refractivity (Wildman–Crippen MR) is 84.6 cm³/mol. The lowest BCUT2D eigenvalue weighted by atomic mass is 9.90. The zero-order valence-electron chi connectivity index (χ0n) is 13.2. The van der Waals surface area contributed by atoms with E-state index in [0.717, 1.165) is 12.8 Å². The molecule has 122 valence electrons. The monoisotopic (exact) mass is 317 g/mol. The Labute approximate surface area is 131 Å². The highest BCUT2D eigenvalue weighted by molar-refractivity contribution is 8.00. The molecular formula is C15H27NO4S. The third-order valence-corrected chi connectivity index (χ3v) is 5.51. The Hall–Kier alpha value is -0.750. The lowest BCUT2D eigenvalue weighted by molar-refractivity contribution is -0.146. The smallest absolute Gasteiger partial charge is 0.324 e. The minimum Gasteiger partial charge on any atom is -0.480 e. The third kappa shape index (κ3) is 6.26. The van der Waals surface area contributed by atoms with Crippen LogP contribution in [0.4, 0.5) is 0 Å². The summed E-state index contributed by atoms with van der Waals surface area (Å²) < 4.78 is 5.24. The molecule has 1 fully saturated rings. The number of carbonyl (C=O) groups is 2. The van der Waals surface area contributed by atoms with Crippen molar-refractivity contribution in [3.63, 3.8) is 0 Å². The standard InChI is InChI=1S/C15H27NO4S/c1-4-20-14(19)12(16-11(2)13(17)18)10-21-15(3)8-6-5-7-9-15/h11-12,16H,4-10H2,1-3H3,(H,17,18)/t11?,12-/m0/s1. The number of thioether (sulfide) groups is 1. The quantitative estimate of drug-likeness (QED) is 0.670. The second-order valence-electron chi connectivity index (χ2n) is 5.85. The lowest BCUT2D eigenvalue weighted by Gasteiger charge is -2.34. The molecule has 0 bridgehead atoms. The van der Waals surface area contributed by atoms with Crippen LogP contribution in [0.5, 0.6) is 0 Å². The number of carboxylic acid groups (broad SMARTS) is 1. The van der Waals surface area contributed by atoms with Crippen LogP contribution in [0.15, 0.2) is 0 Å². The van der Waals surface area contributed by atoms with Gasteiger partial charge in [0, 0.05) is 10.5 Å². The largest absolute Gasteiger partial charge is 0.480 e. The van der Waals surface area contributed by atoms with E-state index in [1.54, 1.807) is 25.6 Å². The van der Waals surface area contributed by atoms with Crippen LogP contribution < -0.4 is 5.32 Å². The Balaban J connectivity index is 2.59. The molecule has 0 radical (unpaired) electrons. The molecule has 5 nitrogen and oxygen atoms in total. The molecule has 1 aliphatic rings. The summed E-state index contributed by atoms with van der Waals surface area (Å²) in [6.07, 6.45) is 6.05. The van der Waals surface area contributed by atoms with E-state index in [2.05, 4.69) is 12.2 Å². The molecule has 1 saturated carbocycles. The number of aliphatic carboxylic acids is 1. The maximum Gasteiger partial charge on any atom is 0.324 e. The van der Waals surface area contributed by atoms with E-state index in [4.69, 9.17) is 9.84 Å². The van der Waals surface area contributed by atoms with Gasteiger partial charge in [0.2, 0.25) is 0 Å². The van der Waals surface area contributed by atoms with Crippen molar-refractivity contribution in [1.29, 1.82) is 0 Å². The number of nitrogens with one attached hydrogen (secondary N) is 1. The molecule has 1 aliphatic carbocycles. The molecule has 1 rings (SSSR count). The Bertz CT molecular complexity index is 356. The van der Waals surface area contributed by atoms with Crippen molar-refractivity contribution in [2.75, 3.05) is 12.4 Å². The summed E-state index contributed by atoms with van der Waals surface area (Å²) in [5.74, 6) is -0.775. The minimum absolute atomic E-state index is 0.192. The second-order valence-corrected chi connectivity index (χ2v) is 7.46. The lowest BCUT2D eigenvalue weighted by Crippen LogP contribution is -2.48. The van der Waals surface area contributed by atoms with E-state index < -0.39 is 18.1 Å². The molecule has 0 heterocycles. The van der Waals surface area contributed by atoms with Crippen LogP contribution >= 0.6 is 11.8 Å². The Morgan fingerprint density at radius 3 is 2.48 bits per heavy atom. The number of hydrogen-bond donors (Lipinski definition) is 2. The van der Waals surface area contributed by atoms with Crippen LogP contribution in [0.3, 0.4) is 0 Å². The molecule has 0 aromatic carbocycles. The molecule has 0 aromatic heterocycles. The minimum atomic E-state index is -0.960. The van der Waals surface area contributed by atoms with Crippen LogP contribution in [0.2, 0.25) is 0 Å². The van der Waals surface area contributed by atoms with E-state index in [1.165, 1.54) is 19.3 Å². The average Bonchev–Trinajstić information content (AvgIpc) is 2.44. The number of rotatable bonds is 8. The van der Waals surface area contributed by atoms with E-state index in [-0.39, 0.29) is 10.7 Å². The summed E-state index contributed by atoms with van der Waals surface area (Å²) in [5, 5.41) is 11.9. The summed E-state index contributed by atoms with van der Waals surface area (Å²) in [5.41, 5.74) is 0. The van der Waals surface area contributed by atoms with Gasteiger partial charge in [-0.2, -0.15) is 11.8 Å². The van der Waals surface area contributed by atoms with Gasteiger partial charge in [-0.3, -0.25) is 14.9 Å². The van der Waals surface area contributed by atoms with E-state index >= 15 is 0 Å². The molecule has 2 N–H and O–H groups in total. The summed E-state index contributed by atoms with van der Waals surface area (Å²) in [4.78, 5) is 23.0. The van der Waals surface area contributed by atoms with Gasteiger partial charge in [0.15, 0.2) is 0 Å². The summed E-state index contributed by atoms with van der Waals surface area (Å²) in [6.45, 7) is 5.84. The molecule has 2 atom stereocenters. The fraction of sp³-hybridized carbons (Fsp3) is 0.867. The first-order valence-corrected chi connectivity index (χ1v) is 8.66. The van der Waals surface area contributed by atoms with Gasteiger partial charge < -0.3 is 9.84 Å². The highest BCUT2D eigenvalue weighted by Gasteiger charge is 2.31. The van der Waals surface area contributed by atoms with Gasteiger partial charge in [-0.05, 0) is 26.7 Å². The zero-order valence-corrected chi connectivity index (χ0v) is 14.0. The van der Waals surface area contributed by atoms with Crippen molar-refractivity contribution < 1.29 is 19.4 Å². The molecule has 0 aliphatic heterocycles. The first kappa shape index (κ1) is 18.3. The summed E-state index contributed by atoms with van der Waals surface area (Å²) >= 11 is 1.76. The number of ether oxygens (including phenoxy) is 1. The highest BCUT2D eigenvalue weighted by Crippen LogP contribution is 2.39. The molecule has 0 saturated heterocycles. The fourth-order valence-electron chi connectivity index (χ4n) is 2.53. The van der Waals surface area contributed by atoms with Crippen molar-refractivity contribution in [1.82, 2.24) is 5.32 Å². The van der Waals surface area contributed by atoms with Crippen molar-refractivity contribution in [2.24, 2.45) is 0 Å². The fourth-order valence-corrected chi connectivity index (χ4v) is 3.91. The van der Waals surface area contributed by atoms with Crippen molar-refractivity contribution in [3.05, 3.63) is 0 Å². The van der Waals surface area contributed by atoms with Crippen molar-refractivity contribution >= 4 is 23.7 Å². The molecule has 1 unspecified atom stereocenters. The topological polar surface area (TPSA) is 75.6 Å². The van der Waals surface area contributed by atoms with E-state index in [1.807, 2.05) is 0 Å². The van der Waals surface area contributed by atoms with Gasteiger partial charge in [-0.25, -0.2) is 0 Å². The van der Waals surface area contributed by atoms with Gasteiger partial charge in [0.25, 0.3) is 0 Å². The van der Waals surface area contributed by atoms with Gasteiger partial charge in [-0.15, -0.1) is 0 Å². The third-order valence-electron chi connectivity index (χ3n) is 3.90.